The van der Waals surface area contributed by atoms with Crippen molar-refractivity contribution >= 4 is 5.91 Å². The zero-order chi connectivity index (χ0) is 13.7. The number of nitrogens with zero attached hydrogens (tertiary/aromatic N) is 2. The minimum atomic E-state index is 0.108. The third kappa shape index (κ3) is 3.95. The smallest absolute Gasteiger partial charge is 0.237 e. The van der Waals surface area contributed by atoms with Crippen molar-refractivity contribution in [3.8, 4) is 0 Å². The average molecular weight is 256 g/mol. The monoisotopic (exact) mass is 256 g/mol. The van der Waals surface area contributed by atoms with Crippen molar-refractivity contribution in [1.29, 1.82) is 0 Å². The molecule has 18 heavy (non-hydrogen) atoms. The van der Waals surface area contributed by atoms with Crippen LogP contribution in [0.5, 0.6) is 0 Å². The van der Waals surface area contributed by atoms with Crippen LogP contribution in [-0.4, -0.2) is 58.6 Å². The summed E-state index contributed by atoms with van der Waals surface area (Å²) >= 11 is 0. The van der Waals surface area contributed by atoms with E-state index in [1.807, 2.05) is 9.80 Å². The van der Waals surface area contributed by atoms with Crippen LogP contribution in [0, 0.1) is 0 Å². The molecule has 0 radical (unpaired) electrons. The van der Waals surface area contributed by atoms with E-state index in [0.29, 0.717) is 25.2 Å². The van der Waals surface area contributed by atoms with Gasteiger partial charge in [0.05, 0.1) is 13.2 Å². The first kappa shape index (κ1) is 15.4. The summed E-state index contributed by atoms with van der Waals surface area (Å²) in [5.41, 5.74) is 0. The third-order valence-corrected chi connectivity index (χ3v) is 3.94. The Morgan fingerprint density at radius 1 is 1.33 bits per heavy atom. The largest absolute Gasteiger partial charge is 0.395 e. The molecule has 4 heteroatoms. The molecular weight excluding hydrogens is 228 g/mol. The predicted molar refractivity (Wildman–Crippen MR) is 73.4 cm³/mol. The summed E-state index contributed by atoms with van der Waals surface area (Å²) in [6.45, 7) is 9.50. The lowest BCUT2D eigenvalue weighted by Crippen LogP contribution is -2.52. The van der Waals surface area contributed by atoms with E-state index in [0.717, 1.165) is 12.8 Å². The molecule has 1 rings (SSSR count). The Morgan fingerprint density at radius 3 is 2.33 bits per heavy atom. The SMILES string of the molecule is CC(C)N(CCO)CC(=O)N1C(C)CCCC1C. The van der Waals surface area contributed by atoms with Gasteiger partial charge in [0, 0.05) is 24.7 Å². The van der Waals surface area contributed by atoms with Crippen molar-refractivity contribution in [1.82, 2.24) is 9.80 Å². The summed E-state index contributed by atoms with van der Waals surface area (Å²) in [4.78, 5) is 16.5. The highest BCUT2D eigenvalue weighted by Gasteiger charge is 2.29. The van der Waals surface area contributed by atoms with Gasteiger partial charge in [-0.3, -0.25) is 9.69 Å². The molecule has 0 spiro atoms. The highest BCUT2D eigenvalue weighted by molar-refractivity contribution is 5.79. The molecular formula is C14H28N2O2. The van der Waals surface area contributed by atoms with Crippen molar-refractivity contribution in [2.45, 2.75) is 65.1 Å². The lowest BCUT2D eigenvalue weighted by atomic mass is 9.97. The summed E-state index contributed by atoms with van der Waals surface area (Å²) in [5.74, 6) is 0.205. The Labute approximate surface area is 111 Å². The number of rotatable bonds is 5. The van der Waals surface area contributed by atoms with Crippen molar-refractivity contribution in [2.75, 3.05) is 19.7 Å². The van der Waals surface area contributed by atoms with Gasteiger partial charge in [-0.05, 0) is 47.0 Å². The topological polar surface area (TPSA) is 43.8 Å². The molecule has 2 atom stereocenters. The van der Waals surface area contributed by atoms with Gasteiger partial charge < -0.3 is 10.0 Å². The molecule has 1 saturated heterocycles. The van der Waals surface area contributed by atoms with Crippen LogP contribution in [0.1, 0.15) is 47.0 Å². The molecule has 0 saturated carbocycles. The van der Waals surface area contributed by atoms with Gasteiger partial charge in [0.2, 0.25) is 5.91 Å². The van der Waals surface area contributed by atoms with Gasteiger partial charge >= 0.3 is 0 Å². The van der Waals surface area contributed by atoms with Gasteiger partial charge in [-0.1, -0.05) is 0 Å². The van der Waals surface area contributed by atoms with Crippen LogP contribution in [0.2, 0.25) is 0 Å². The molecule has 106 valence electrons. The number of carbonyl (C=O) groups excluding carboxylic acids is 1. The number of piperidine rings is 1. The standard InChI is InChI=1S/C14H28N2O2/c1-11(2)15(8-9-17)10-14(18)16-12(3)6-5-7-13(16)4/h11-13,17H,5-10H2,1-4H3. The maximum atomic E-state index is 12.4. The molecule has 1 N–H and O–H groups in total. The van der Waals surface area contributed by atoms with Crippen LogP contribution in [0.25, 0.3) is 0 Å². The van der Waals surface area contributed by atoms with Crippen LogP contribution in [0.4, 0.5) is 0 Å². The molecule has 0 aromatic heterocycles. The number of carbonyl (C=O) groups is 1. The highest BCUT2D eigenvalue weighted by Crippen LogP contribution is 2.22. The first-order valence-electron chi connectivity index (χ1n) is 7.13. The number of likely N-dealkylation sites (tertiary alicyclic amines) is 1. The van der Waals surface area contributed by atoms with Gasteiger partial charge in [0.1, 0.15) is 0 Å². The second-order valence-corrected chi connectivity index (χ2v) is 5.72. The Kier molecular flexibility index (Phi) is 6.09. The van der Waals surface area contributed by atoms with Crippen LogP contribution >= 0.6 is 0 Å². The van der Waals surface area contributed by atoms with Crippen molar-refractivity contribution in [2.24, 2.45) is 0 Å². The minimum absolute atomic E-state index is 0.108. The number of hydrogen-bond donors (Lipinski definition) is 1. The third-order valence-electron chi connectivity index (χ3n) is 3.94. The first-order chi connectivity index (χ1) is 8.47. The van der Waals surface area contributed by atoms with Gasteiger partial charge in [-0.2, -0.15) is 0 Å². The summed E-state index contributed by atoms with van der Waals surface area (Å²) < 4.78 is 0. The fourth-order valence-corrected chi connectivity index (χ4v) is 2.82. The summed E-state index contributed by atoms with van der Waals surface area (Å²) in [7, 11) is 0. The Morgan fingerprint density at radius 2 is 1.89 bits per heavy atom. The van der Waals surface area contributed by atoms with Crippen LogP contribution in [0.15, 0.2) is 0 Å². The van der Waals surface area contributed by atoms with E-state index in [1.165, 1.54) is 6.42 Å². The maximum Gasteiger partial charge on any atom is 0.237 e. The van der Waals surface area contributed by atoms with E-state index in [9.17, 15) is 4.79 Å². The lowest BCUT2D eigenvalue weighted by Gasteiger charge is -2.40. The quantitative estimate of drug-likeness (QED) is 0.810. The van der Waals surface area contributed by atoms with Gasteiger partial charge in [-0.25, -0.2) is 0 Å². The molecule has 0 bridgehead atoms. The molecule has 0 aromatic rings. The van der Waals surface area contributed by atoms with Gasteiger partial charge in [0.25, 0.3) is 0 Å². The van der Waals surface area contributed by atoms with E-state index >= 15 is 0 Å². The Hall–Kier alpha value is -0.610. The predicted octanol–water partition coefficient (Wildman–Crippen LogP) is 1.48. The first-order valence-corrected chi connectivity index (χ1v) is 7.13. The number of aliphatic hydroxyl groups is 1. The van der Waals surface area contributed by atoms with Crippen LogP contribution in [-0.2, 0) is 4.79 Å². The fourth-order valence-electron chi connectivity index (χ4n) is 2.82. The lowest BCUT2D eigenvalue weighted by molar-refractivity contribution is -0.139. The second kappa shape index (κ2) is 7.10. The van der Waals surface area contributed by atoms with Crippen molar-refractivity contribution in [3.63, 3.8) is 0 Å². The Bertz CT molecular complexity index is 259. The van der Waals surface area contributed by atoms with Gasteiger partial charge in [-0.15, -0.1) is 0 Å². The molecule has 0 aliphatic carbocycles. The Balaban J connectivity index is 2.61. The van der Waals surface area contributed by atoms with E-state index in [4.69, 9.17) is 5.11 Å². The van der Waals surface area contributed by atoms with E-state index in [1.54, 1.807) is 0 Å². The molecule has 1 aliphatic rings. The molecule has 1 aliphatic heterocycles. The fraction of sp³-hybridized carbons (Fsp3) is 0.929. The zero-order valence-electron chi connectivity index (χ0n) is 12.2. The summed E-state index contributed by atoms with van der Waals surface area (Å²) in [5, 5.41) is 9.05. The maximum absolute atomic E-state index is 12.4. The molecule has 1 amide bonds. The highest BCUT2D eigenvalue weighted by atomic mass is 16.3. The molecule has 2 unspecified atom stereocenters. The summed E-state index contributed by atoms with van der Waals surface area (Å²) in [6.07, 6.45) is 3.44. The van der Waals surface area contributed by atoms with Crippen LogP contribution in [0.3, 0.4) is 0 Å². The second-order valence-electron chi connectivity index (χ2n) is 5.72. The summed E-state index contributed by atoms with van der Waals surface area (Å²) in [6, 6.07) is 0.991. The zero-order valence-corrected chi connectivity index (χ0v) is 12.2. The van der Waals surface area contributed by atoms with Crippen LogP contribution < -0.4 is 0 Å². The van der Waals surface area contributed by atoms with Gasteiger partial charge in [0.15, 0.2) is 0 Å². The molecule has 0 aromatic carbocycles. The van der Waals surface area contributed by atoms with E-state index in [-0.39, 0.29) is 18.6 Å². The van der Waals surface area contributed by atoms with E-state index in [2.05, 4.69) is 27.7 Å². The normalized spacial score (nSPS) is 24.9. The number of aliphatic hydroxyl groups excluding tert-OH is 1. The average Bonchev–Trinajstić information content (AvgIpc) is 2.28. The minimum Gasteiger partial charge on any atom is -0.395 e. The molecule has 1 heterocycles. The van der Waals surface area contributed by atoms with Crippen molar-refractivity contribution < 1.29 is 9.90 Å². The molecule has 4 nitrogen and oxygen atoms in total. The number of amides is 1. The van der Waals surface area contributed by atoms with Crippen molar-refractivity contribution in [3.05, 3.63) is 0 Å². The molecule has 1 fully saturated rings. The number of hydrogen-bond acceptors (Lipinski definition) is 3. The van der Waals surface area contributed by atoms with E-state index < -0.39 is 0 Å².